The monoisotopic (exact) mass is 482 g/mol. The molecule has 0 spiro atoms. The molecule has 27 heavy (non-hydrogen) atoms. The molecule has 0 unspecified atom stereocenters. The Balaban J connectivity index is 1.93. The molecule has 3 aromatic rings. The van der Waals surface area contributed by atoms with Crippen LogP contribution in [-0.2, 0) is 6.42 Å². The largest absolute Gasteiger partial charge is 0.324 e. The average molecular weight is 482 g/mol. The van der Waals surface area contributed by atoms with Gasteiger partial charge in [-0.2, -0.15) is 0 Å². The minimum atomic E-state index is -1.47. The number of anilines is 2. The molecule has 0 atom stereocenters. The number of hydrogen-bond donors (Lipinski definition) is 0. The number of aryl methyl sites for hydroxylation is 2. The van der Waals surface area contributed by atoms with E-state index in [2.05, 4.69) is 27.6 Å². The first-order chi connectivity index (χ1) is 13.0. The van der Waals surface area contributed by atoms with Gasteiger partial charge in [-0.05, 0) is 71.7 Å². The fraction of sp³-hybridized carbons (Fsp3) is 0.190. The number of hydrogen-bond acceptors (Lipinski definition) is 2. The van der Waals surface area contributed by atoms with Crippen LogP contribution < -0.4 is 4.90 Å². The molecule has 2 aromatic carbocycles. The van der Waals surface area contributed by atoms with E-state index < -0.39 is 17.5 Å². The molecule has 1 aromatic heterocycles. The highest BCUT2D eigenvalue weighted by atomic mass is 127. The van der Waals surface area contributed by atoms with Crippen LogP contribution in [0.25, 0.3) is 0 Å². The van der Waals surface area contributed by atoms with Crippen molar-refractivity contribution in [1.29, 1.82) is 0 Å². The van der Waals surface area contributed by atoms with Gasteiger partial charge in [0.2, 0.25) is 0 Å². The van der Waals surface area contributed by atoms with Crippen LogP contribution in [0.2, 0.25) is 0 Å². The molecule has 2 nitrogen and oxygen atoms in total. The van der Waals surface area contributed by atoms with Crippen LogP contribution in [0, 0.1) is 27.9 Å². The van der Waals surface area contributed by atoms with Crippen molar-refractivity contribution in [3.05, 3.63) is 86.9 Å². The fourth-order valence-electron chi connectivity index (χ4n) is 2.97. The lowest BCUT2D eigenvalue weighted by atomic mass is 10.1. The van der Waals surface area contributed by atoms with Gasteiger partial charge in [-0.15, -0.1) is 0 Å². The number of aromatic nitrogens is 1. The molecule has 0 aliphatic heterocycles. The van der Waals surface area contributed by atoms with Crippen molar-refractivity contribution in [1.82, 2.24) is 4.98 Å². The van der Waals surface area contributed by atoms with E-state index in [1.165, 1.54) is 6.07 Å². The predicted octanol–water partition coefficient (Wildman–Crippen LogP) is 6.18. The zero-order valence-corrected chi connectivity index (χ0v) is 16.9. The fourth-order valence-corrected chi connectivity index (χ4v) is 3.57. The Hall–Kier alpha value is -2.09. The minimum Gasteiger partial charge on any atom is -0.324 e. The number of pyridine rings is 1. The lowest BCUT2D eigenvalue weighted by molar-refractivity contribution is 0.447. The third kappa shape index (κ3) is 4.61. The maximum atomic E-state index is 14.5. The molecule has 0 N–H and O–H groups in total. The lowest BCUT2D eigenvalue weighted by Gasteiger charge is -2.26. The van der Waals surface area contributed by atoms with Crippen LogP contribution in [0.1, 0.15) is 17.5 Å². The van der Waals surface area contributed by atoms with E-state index in [0.29, 0.717) is 18.8 Å². The van der Waals surface area contributed by atoms with Gasteiger partial charge < -0.3 is 4.90 Å². The van der Waals surface area contributed by atoms with Gasteiger partial charge in [-0.25, -0.2) is 18.2 Å². The van der Waals surface area contributed by atoms with Crippen molar-refractivity contribution in [3.8, 4) is 0 Å². The Kier molecular flexibility index (Phi) is 6.36. The van der Waals surface area contributed by atoms with Gasteiger partial charge in [-0.1, -0.05) is 30.3 Å². The van der Waals surface area contributed by atoms with Crippen molar-refractivity contribution >= 4 is 34.1 Å². The van der Waals surface area contributed by atoms with Crippen molar-refractivity contribution in [2.24, 2.45) is 0 Å². The maximum absolute atomic E-state index is 14.5. The Morgan fingerprint density at radius 3 is 2.44 bits per heavy atom. The van der Waals surface area contributed by atoms with E-state index >= 15 is 0 Å². The first kappa shape index (κ1) is 19.7. The lowest BCUT2D eigenvalue weighted by Crippen LogP contribution is -2.23. The molecule has 6 heteroatoms. The molecule has 3 rings (SSSR count). The van der Waals surface area contributed by atoms with Crippen LogP contribution in [0.5, 0.6) is 0 Å². The molecule has 0 saturated heterocycles. The van der Waals surface area contributed by atoms with Gasteiger partial charge in [0.05, 0.1) is 5.69 Å². The molecule has 0 aliphatic rings. The summed E-state index contributed by atoms with van der Waals surface area (Å²) in [5, 5.41) is 0. The summed E-state index contributed by atoms with van der Waals surface area (Å²) >= 11 is 2.15. The van der Waals surface area contributed by atoms with Crippen molar-refractivity contribution in [2.45, 2.75) is 19.8 Å². The average Bonchev–Trinajstić information content (AvgIpc) is 2.66. The van der Waals surface area contributed by atoms with Gasteiger partial charge in [-0.3, -0.25) is 0 Å². The topological polar surface area (TPSA) is 16.1 Å². The third-order valence-corrected chi connectivity index (χ3v) is 4.86. The Morgan fingerprint density at radius 1 is 1.00 bits per heavy atom. The highest BCUT2D eigenvalue weighted by molar-refractivity contribution is 14.1. The van der Waals surface area contributed by atoms with E-state index in [1.807, 2.05) is 43.3 Å². The molecule has 0 bridgehead atoms. The maximum Gasteiger partial charge on any atom is 0.196 e. The first-order valence-electron chi connectivity index (χ1n) is 8.54. The second-order valence-corrected chi connectivity index (χ2v) is 7.47. The Bertz CT molecular complexity index is 932. The summed E-state index contributed by atoms with van der Waals surface area (Å²) in [5.74, 6) is -3.33. The molecular formula is C21H18F3IN2. The molecule has 0 fully saturated rings. The van der Waals surface area contributed by atoms with E-state index in [-0.39, 0.29) is 5.69 Å². The predicted molar refractivity (Wildman–Crippen MR) is 110 cm³/mol. The number of rotatable bonds is 6. The first-order valence-corrected chi connectivity index (χ1v) is 9.62. The Labute approximate surface area is 170 Å². The summed E-state index contributed by atoms with van der Waals surface area (Å²) in [6.07, 6.45) is 3.16. The van der Waals surface area contributed by atoms with E-state index in [1.54, 1.807) is 11.1 Å². The van der Waals surface area contributed by atoms with Crippen LogP contribution >= 0.6 is 22.6 Å². The molecule has 0 amide bonds. The molecular weight excluding hydrogens is 464 g/mol. The van der Waals surface area contributed by atoms with E-state index in [4.69, 9.17) is 0 Å². The molecule has 0 saturated carbocycles. The third-order valence-electron chi connectivity index (χ3n) is 4.27. The molecule has 0 radical (unpaired) electrons. The Morgan fingerprint density at radius 2 is 1.74 bits per heavy atom. The van der Waals surface area contributed by atoms with Crippen molar-refractivity contribution < 1.29 is 13.2 Å². The second-order valence-electron chi connectivity index (χ2n) is 6.23. The highest BCUT2D eigenvalue weighted by Crippen LogP contribution is 2.31. The number of nitrogens with zero attached hydrogens (tertiary/aromatic N) is 2. The quantitative estimate of drug-likeness (QED) is 0.308. The normalized spacial score (nSPS) is 10.9. The standard InChI is InChI=1S/C21H18F3IN2/c1-14-12-16(25)13-26-21(14)27(11-5-8-15-6-3-2-4-7-15)18-10-9-17(22)19(23)20(18)24/h2-4,6-7,9-10,12-13H,5,8,11H2,1H3. The van der Waals surface area contributed by atoms with Gasteiger partial charge in [0, 0.05) is 16.3 Å². The summed E-state index contributed by atoms with van der Waals surface area (Å²) in [7, 11) is 0. The molecule has 140 valence electrons. The SMILES string of the molecule is Cc1cc(I)cnc1N(CCCc1ccccc1)c1ccc(F)c(F)c1F. The summed E-state index contributed by atoms with van der Waals surface area (Å²) in [4.78, 5) is 6.03. The summed E-state index contributed by atoms with van der Waals surface area (Å²) < 4.78 is 42.6. The van der Waals surface area contributed by atoms with Crippen molar-refractivity contribution in [2.75, 3.05) is 11.4 Å². The second kappa shape index (κ2) is 8.73. The number of benzene rings is 2. The minimum absolute atomic E-state index is 0.0150. The zero-order chi connectivity index (χ0) is 19.4. The van der Waals surface area contributed by atoms with Crippen LogP contribution in [0.4, 0.5) is 24.7 Å². The van der Waals surface area contributed by atoms with Gasteiger partial charge >= 0.3 is 0 Å². The summed E-state index contributed by atoms with van der Waals surface area (Å²) in [5.41, 5.74) is 1.99. The smallest absolute Gasteiger partial charge is 0.196 e. The van der Waals surface area contributed by atoms with Crippen LogP contribution in [0.3, 0.4) is 0 Å². The number of halogens is 4. The van der Waals surface area contributed by atoms with Crippen molar-refractivity contribution in [3.63, 3.8) is 0 Å². The summed E-state index contributed by atoms with van der Waals surface area (Å²) in [6.45, 7) is 2.29. The van der Waals surface area contributed by atoms with Crippen LogP contribution in [-0.4, -0.2) is 11.5 Å². The van der Waals surface area contributed by atoms with Gasteiger partial charge in [0.25, 0.3) is 0 Å². The van der Waals surface area contributed by atoms with Gasteiger partial charge in [0.15, 0.2) is 17.5 Å². The summed E-state index contributed by atoms with van der Waals surface area (Å²) in [6, 6.07) is 14.1. The zero-order valence-electron chi connectivity index (χ0n) is 14.7. The molecule has 1 heterocycles. The van der Waals surface area contributed by atoms with E-state index in [9.17, 15) is 13.2 Å². The molecule has 0 aliphatic carbocycles. The van der Waals surface area contributed by atoms with Gasteiger partial charge in [0.1, 0.15) is 5.82 Å². The van der Waals surface area contributed by atoms with E-state index in [0.717, 1.165) is 27.2 Å². The highest BCUT2D eigenvalue weighted by Gasteiger charge is 2.21. The van der Waals surface area contributed by atoms with Crippen LogP contribution in [0.15, 0.2) is 54.7 Å².